The Morgan fingerprint density at radius 1 is 1.42 bits per heavy atom. The Morgan fingerprint density at radius 2 is 2.16 bits per heavy atom. The highest BCUT2D eigenvalue weighted by atomic mass is 16.4. The van der Waals surface area contributed by atoms with Crippen LogP contribution in [0.5, 0.6) is 0 Å². The lowest BCUT2D eigenvalue weighted by molar-refractivity contribution is -0.148. The van der Waals surface area contributed by atoms with Gasteiger partial charge in [-0.2, -0.15) is 0 Å². The first-order chi connectivity index (χ1) is 9.09. The van der Waals surface area contributed by atoms with Crippen molar-refractivity contribution in [2.75, 3.05) is 13.1 Å². The van der Waals surface area contributed by atoms with Crippen LogP contribution in [0.2, 0.25) is 0 Å². The molecule has 1 aliphatic rings. The summed E-state index contributed by atoms with van der Waals surface area (Å²) in [4.78, 5) is 13.7. The summed E-state index contributed by atoms with van der Waals surface area (Å²) in [5, 5.41) is 9.47. The maximum absolute atomic E-state index is 11.5. The molecule has 2 heterocycles. The van der Waals surface area contributed by atoms with E-state index in [-0.39, 0.29) is 0 Å². The molecular weight excluding hydrogens is 242 g/mol. The second kappa shape index (κ2) is 5.78. The van der Waals surface area contributed by atoms with E-state index in [2.05, 4.69) is 11.8 Å². The zero-order valence-electron chi connectivity index (χ0n) is 11.8. The second-order valence-corrected chi connectivity index (χ2v) is 5.52. The minimum absolute atomic E-state index is 0.547. The van der Waals surface area contributed by atoms with Crippen LogP contribution in [-0.4, -0.2) is 29.1 Å². The van der Waals surface area contributed by atoms with Gasteiger partial charge in [0.25, 0.3) is 0 Å². The number of carboxylic acid groups (broad SMARTS) is 1. The molecule has 1 aromatic rings. The summed E-state index contributed by atoms with van der Waals surface area (Å²) in [6, 6.07) is 4.00. The van der Waals surface area contributed by atoms with Crippen LogP contribution < -0.4 is 0 Å². The third kappa shape index (κ3) is 3.00. The number of nitrogens with zero attached hydrogens (tertiary/aromatic N) is 1. The van der Waals surface area contributed by atoms with Crippen LogP contribution in [-0.2, 0) is 17.8 Å². The minimum Gasteiger partial charge on any atom is -0.481 e. The summed E-state index contributed by atoms with van der Waals surface area (Å²) < 4.78 is 5.69. The molecule has 0 aromatic carbocycles. The normalized spacial score (nSPS) is 23.9. The molecule has 19 heavy (non-hydrogen) atoms. The van der Waals surface area contributed by atoms with Crippen LogP contribution in [0.3, 0.4) is 0 Å². The first kappa shape index (κ1) is 14.1. The van der Waals surface area contributed by atoms with E-state index in [1.807, 2.05) is 19.1 Å². The Morgan fingerprint density at radius 3 is 2.74 bits per heavy atom. The fourth-order valence-electron chi connectivity index (χ4n) is 2.98. The van der Waals surface area contributed by atoms with Gasteiger partial charge in [0.2, 0.25) is 0 Å². The zero-order chi connectivity index (χ0) is 13.9. The van der Waals surface area contributed by atoms with Crippen molar-refractivity contribution in [1.29, 1.82) is 0 Å². The van der Waals surface area contributed by atoms with Gasteiger partial charge in [-0.15, -0.1) is 0 Å². The molecule has 1 N–H and O–H groups in total. The lowest BCUT2D eigenvalue weighted by Crippen LogP contribution is -2.34. The van der Waals surface area contributed by atoms with Gasteiger partial charge in [0.1, 0.15) is 11.5 Å². The number of likely N-dealkylation sites (tertiary alicyclic amines) is 1. The van der Waals surface area contributed by atoms with Crippen molar-refractivity contribution >= 4 is 5.97 Å². The molecule has 1 unspecified atom stereocenters. The summed E-state index contributed by atoms with van der Waals surface area (Å²) in [6.07, 6.45) is 3.32. The van der Waals surface area contributed by atoms with Gasteiger partial charge in [0.15, 0.2) is 0 Å². The summed E-state index contributed by atoms with van der Waals surface area (Å²) in [5.74, 6) is 1.28. The summed E-state index contributed by atoms with van der Waals surface area (Å²) in [5.41, 5.74) is -0.547. The topological polar surface area (TPSA) is 53.7 Å². The van der Waals surface area contributed by atoms with E-state index in [4.69, 9.17) is 4.42 Å². The maximum Gasteiger partial charge on any atom is 0.310 e. The van der Waals surface area contributed by atoms with Crippen LogP contribution in [0.4, 0.5) is 0 Å². The molecule has 0 bridgehead atoms. The predicted molar refractivity (Wildman–Crippen MR) is 73.0 cm³/mol. The van der Waals surface area contributed by atoms with Gasteiger partial charge in [-0.1, -0.05) is 20.3 Å². The van der Waals surface area contributed by atoms with E-state index in [1.165, 1.54) is 0 Å². The molecule has 0 spiro atoms. The lowest BCUT2D eigenvalue weighted by atomic mass is 9.83. The smallest absolute Gasteiger partial charge is 0.310 e. The number of hydrogen-bond acceptors (Lipinski definition) is 3. The van der Waals surface area contributed by atoms with Crippen molar-refractivity contribution in [3.05, 3.63) is 23.7 Å². The van der Waals surface area contributed by atoms with Crippen molar-refractivity contribution < 1.29 is 14.3 Å². The molecule has 1 fully saturated rings. The number of hydrogen-bond donors (Lipinski definition) is 1. The molecule has 0 radical (unpaired) electrons. The molecular formula is C15H23NO3. The van der Waals surface area contributed by atoms with E-state index >= 15 is 0 Å². The van der Waals surface area contributed by atoms with Crippen LogP contribution in [0.15, 0.2) is 16.5 Å². The molecule has 4 nitrogen and oxygen atoms in total. The van der Waals surface area contributed by atoms with E-state index in [9.17, 15) is 9.90 Å². The van der Waals surface area contributed by atoms with Gasteiger partial charge in [-0.25, -0.2) is 0 Å². The molecule has 1 aliphatic heterocycles. The van der Waals surface area contributed by atoms with Gasteiger partial charge >= 0.3 is 5.97 Å². The minimum atomic E-state index is -0.648. The van der Waals surface area contributed by atoms with Crippen molar-refractivity contribution in [1.82, 2.24) is 4.90 Å². The van der Waals surface area contributed by atoms with Gasteiger partial charge < -0.3 is 9.52 Å². The Hall–Kier alpha value is -1.29. The summed E-state index contributed by atoms with van der Waals surface area (Å²) in [6.45, 7) is 6.31. The molecule has 0 aliphatic carbocycles. The van der Waals surface area contributed by atoms with Crippen molar-refractivity contribution in [2.24, 2.45) is 5.41 Å². The quantitative estimate of drug-likeness (QED) is 0.859. The molecule has 0 saturated carbocycles. The number of rotatable bonds is 6. The number of aryl methyl sites for hydroxylation is 1. The highest BCUT2D eigenvalue weighted by Gasteiger charge is 2.43. The Balaban J connectivity index is 1.99. The Labute approximate surface area is 114 Å². The summed E-state index contributed by atoms with van der Waals surface area (Å²) in [7, 11) is 0. The predicted octanol–water partition coefficient (Wildman–Crippen LogP) is 2.92. The van der Waals surface area contributed by atoms with Gasteiger partial charge in [-0.3, -0.25) is 9.69 Å². The lowest BCUT2D eigenvalue weighted by Gasteiger charge is -2.23. The maximum atomic E-state index is 11.5. The number of carboxylic acids is 1. The average molecular weight is 265 g/mol. The average Bonchev–Trinajstić information content (AvgIpc) is 2.98. The SMILES string of the molecule is CCCC1(C(=O)O)CCN(Cc2ccc(CC)o2)C1. The monoisotopic (exact) mass is 265 g/mol. The fraction of sp³-hybridized carbons (Fsp3) is 0.667. The van der Waals surface area contributed by atoms with Crippen molar-refractivity contribution in [3.8, 4) is 0 Å². The van der Waals surface area contributed by atoms with E-state index in [0.29, 0.717) is 6.54 Å². The molecule has 2 rings (SSSR count). The zero-order valence-corrected chi connectivity index (χ0v) is 11.8. The van der Waals surface area contributed by atoms with Crippen molar-refractivity contribution in [2.45, 2.75) is 46.1 Å². The van der Waals surface area contributed by atoms with E-state index in [1.54, 1.807) is 0 Å². The highest BCUT2D eigenvalue weighted by molar-refractivity contribution is 5.75. The number of carbonyl (C=O) groups is 1. The van der Waals surface area contributed by atoms with E-state index in [0.717, 1.165) is 50.3 Å². The standard InChI is InChI=1S/C15H23NO3/c1-3-7-15(14(17)18)8-9-16(11-15)10-13-6-5-12(4-2)19-13/h5-6H,3-4,7-11H2,1-2H3,(H,17,18). The third-order valence-electron chi connectivity index (χ3n) is 4.06. The number of aliphatic carboxylic acids is 1. The van der Waals surface area contributed by atoms with E-state index < -0.39 is 11.4 Å². The Kier molecular flexibility index (Phi) is 4.30. The van der Waals surface area contributed by atoms with Crippen LogP contribution in [0.1, 0.15) is 44.6 Å². The summed E-state index contributed by atoms with van der Waals surface area (Å²) >= 11 is 0. The van der Waals surface area contributed by atoms with Crippen LogP contribution in [0, 0.1) is 5.41 Å². The van der Waals surface area contributed by atoms with Crippen molar-refractivity contribution in [3.63, 3.8) is 0 Å². The molecule has 0 amide bonds. The molecule has 1 saturated heterocycles. The van der Waals surface area contributed by atoms with Crippen LogP contribution in [0.25, 0.3) is 0 Å². The molecule has 1 aromatic heterocycles. The van der Waals surface area contributed by atoms with Crippen LogP contribution >= 0.6 is 0 Å². The largest absolute Gasteiger partial charge is 0.481 e. The van der Waals surface area contributed by atoms with Gasteiger partial charge in [-0.05, 0) is 31.5 Å². The molecule has 106 valence electrons. The first-order valence-corrected chi connectivity index (χ1v) is 7.13. The Bertz CT molecular complexity index is 440. The highest BCUT2D eigenvalue weighted by Crippen LogP contribution is 2.36. The second-order valence-electron chi connectivity index (χ2n) is 5.52. The molecule has 4 heteroatoms. The number of furan rings is 1. The van der Waals surface area contributed by atoms with Gasteiger partial charge in [0.05, 0.1) is 12.0 Å². The van der Waals surface area contributed by atoms with Gasteiger partial charge in [0, 0.05) is 13.0 Å². The molecule has 1 atom stereocenters. The third-order valence-corrected chi connectivity index (χ3v) is 4.06. The fourth-order valence-corrected chi connectivity index (χ4v) is 2.98. The first-order valence-electron chi connectivity index (χ1n) is 7.13.